The van der Waals surface area contributed by atoms with E-state index in [9.17, 15) is 4.79 Å². The number of aromatic nitrogens is 1. The number of carbonyl (C=O) groups excluding carboxylic acids is 1. The highest BCUT2D eigenvalue weighted by atomic mass is 79.9. The molecule has 5 heteroatoms. The Kier molecular flexibility index (Phi) is 7.86. The summed E-state index contributed by atoms with van der Waals surface area (Å²) in [6, 6.07) is 11.3. The molecular formula is C15H17Br2NO2. The molecule has 3 nitrogen and oxygen atoms in total. The van der Waals surface area contributed by atoms with E-state index in [1.54, 1.807) is 0 Å². The number of aryl methyl sites for hydroxylation is 1. The zero-order chi connectivity index (χ0) is 13.1. The maximum absolute atomic E-state index is 12.3. The molecule has 1 aromatic heterocycles. The van der Waals surface area contributed by atoms with E-state index in [2.05, 4.69) is 15.9 Å². The van der Waals surface area contributed by atoms with Crippen LogP contribution in [0.4, 0.5) is 0 Å². The van der Waals surface area contributed by atoms with Gasteiger partial charge in [0.2, 0.25) is 11.8 Å². The van der Waals surface area contributed by atoms with Crippen molar-refractivity contribution < 1.29 is 31.8 Å². The number of pyridine rings is 1. The number of rotatable bonds is 3. The van der Waals surface area contributed by atoms with Crippen molar-refractivity contribution in [3.05, 3.63) is 64.4 Å². The number of Topliss-reactive ketones (excluding diaryl/α,β-unsaturated/α-hetero) is 1. The average molecular weight is 403 g/mol. The number of ketones is 1. The van der Waals surface area contributed by atoms with Crippen LogP contribution in [0.5, 0.6) is 0 Å². The molecule has 2 N–H and O–H groups in total. The first-order valence-corrected chi connectivity index (χ1v) is 6.64. The Labute approximate surface area is 137 Å². The molecule has 1 aromatic carbocycles. The lowest BCUT2D eigenvalue weighted by Gasteiger charge is -2.07. The maximum atomic E-state index is 12.3. The van der Waals surface area contributed by atoms with Crippen molar-refractivity contribution in [2.75, 3.05) is 0 Å². The lowest BCUT2D eigenvalue weighted by atomic mass is 10.1. The Morgan fingerprint density at radius 1 is 1.20 bits per heavy atom. The Morgan fingerprint density at radius 2 is 1.80 bits per heavy atom. The van der Waals surface area contributed by atoms with Gasteiger partial charge < -0.3 is 22.5 Å². The zero-order valence-electron chi connectivity index (χ0n) is 11.3. The predicted octanol–water partition coefficient (Wildman–Crippen LogP) is -0.332. The van der Waals surface area contributed by atoms with Crippen molar-refractivity contribution in [3.63, 3.8) is 0 Å². The van der Waals surface area contributed by atoms with Crippen LogP contribution < -0.4 is 21.5 Å². The molecule has 108 valence electrons. The van der Waals surface area contributed by atoms with E-state index in [1.807, 2.05) is 67.2 Å². The highest BCUT2D eigenvalue weighted by Gasteiger charge is 2.23. The summed E-state index contributed by atoms with van der Waals surface area (Å²) in [4.78, 5) is 12.3. The molecule has 0 aliphatic carbocycles. The molecule has 0 radical (unpaired) electrons. The van der Waals surface area contributed by atoms with Crippen LogP contribution in [0.15, 0.2) is 53.3 Å². The minimum atomic E-state index is -0.189. The summed E-state index contributed by atoms with van der Waals surface area (Å²) in [5.74, 6) is 0.123. The smallest absolute Gasteiger partial charge is 0.230 e. The van der Waals surface area contributed by atoms with Crippen LogP contribution in [0.25, 0.3) is 0 Å². The Hall–Kier alpha value is -1.04. The standard InChI is InChI=1S/C15H15BrNO.BrH.H2O/c1-11-4-3-9-17(10-11)12(2)15(18)13-5-7-14(16)8-6-13;;/h3-10,12H,1-2H3;1H;1H2/q+1;;/p-1. The Bertz CT molecular complexity index is 570. The summed E-state index contributed by atoms with van der Waals surface area (Å²) in [7, 11) is 0. The van der Waals surface area contributed by atoms with Gasteiger partial charge in [-0.3, -0.25) is 4.79 Å². The number of halogens is 2. The van der Waals surface area contributed by atoms with Crippen LogP contribution in [0, 0.1) is 6.92 Å². The van der Waals surface area contributed by atoms with E-state index in [4.69, 9.17) is 0 Å². The van der Waals surface area contributed by atoms with Gasteiger partial charge in [-0.25, -0.2) is 0 Å². The molecular weight excluding hydrogens is 386 g/mol. The predicted molar refractivity (Wildman–Crippen MR) is 78.2 cm³/mol. The van der Waals surface area contributed by atoms with E-state index in [0.717, 1.165) is 15.6 Å². The molecule has 2 rings (SSSR count). The van der Waals surface area contributed by atoms with Crippen LogP contribution in [-0.4, -0.2) is 11.3 Å². The van der Waals surface area contributed by atoms with E-state index in [1.165, 1.54) is 0 Å². The second kappa shape index (κ2) is 8.29. The first-order valence-electron chi connectivity index (χ1n) is 5.85. The van der Waals surface area contributed by atoms with Crippen molar-refractivity contribution in [1.29, 1.82) is 0 Å². The number of hydrogen-bond donors (Lipinski definition) is 0. The summed E-state index contributed by atoms with van der Waals surface area (Å²) < 4.78 is 2.93. The summed E-state index contributed by atoms with van der Waals surface area (Å²) in [5, 5.41) is 0. The molecule has 0 bridgehead atoms. The molecule has 2 aromatic rings. The molecule has 0 aliphatic rings. The normalized spacial score (nSPS) is 10.9. The molecule has 0 aliphatic heterocycles. The second-order valence-corrected chi connectivity index (χ2v) is 5.29. The molecule has 0 saturated carbocycles. The molecule has 0 amide bonds. The van der Waals surface area contributed by atoms with Crippen molar-refractivity contribution in [1.82, 2.24) is 0 Å². The van der Waals surface area contributed by atoms with Gasteiger partial charge in [-0.05, 0) is 25.1 Å². The van der Waals surface area contributed by atoms with Gasteiger partial charge in [-0.15, -0.1) is 0 Å². The third-order valence-electron chi connectivity index (χ3n) is 2.93. The summed E-state index contributed by atoms with van der Waals surface area (Å²) in [6.45, 7) is 3.94. The zero-order valence-corrected chi connectivity index (χ0v) is 14.5. The Balaban J connectivity index is 0.00000180. The minimum Gasteiger partial charge on any atom is -1.00 e. The first-order chi connectivity index (χ1) is 8.58. The van der Waals surface area contributed by atoms with Gasteiger partial charge in [0.25, 0.3) is 0 Å². The van der Waals surface area contributed by atoms with Gasteiger partial charge >= 0.3 is 0 Å². The van der Waals surface area contributed by atoms with Gasteiger partial charge in [0.1, 0.15) is 0 Å². The summed E-state index contributed by atoms with van der Waals surface area (Å²) in [5.41, 5.74) is 1.88. The van der Waals surface area contributed by atoms with Crippen molar-refractivity contribution in [2.24, 2.45) is 0 Å². The number of benzene rings is 1. The number of hydrogen-bond acceptors (Lipinski definition) is 1. The van der Waals surface area contributed by atoms with Crippen LogP contribution in [0.2, 0.25) is 0 Å². The van der Waals surface area contributed by atoms with Gasteiger partial charge in [-0.1, -0.05) is 28.1 Å². The van der Waals surface area contributed by atoms with E-state index < -0.39 is 0 Å². The highest BCUT2D eigenvalue weighted by molar-refractivity contribution is 9.10. The Morgan fingerprint density at radius 3 is 2.35 bits per heavy atom. The minimum absolute atomic E-state index is 0. The molecule has 1 unspecified atom stereocenters. The lowest BCUT2D eigenvalue weighted by molar-refractivity contribution is -0.705. The third kappa shape index (κ3) is 4.51. The average Bonchev–Trinajstić information content (AvgIpc) is 2.38. The first kappa shape index (κ1) is 19.0. The fourth-order valence-electron chi connectivity index (χ4n) is 1.85. The third-order valence-corrected chi connectivity index (χ3v) is 3.45. The monoisotopic (exact) mass is 401 g/mol. The van der Waals surface area contributed by atoms with E-state index in [0.29, 0.717) is 0 Å². The van der Waals surface area contributed by atoms with Gasteiger partial charge in [0.15, 0.2) is 12.4 Å². The largest absolute Gasteiger partial charge is 1.00 e. The lowest BCUT2D eigenvalue weighted by Crippen LogP contribution is -3.00. The van der Waals surface area contributed by atoms with Gasteiger partial charge in [-0.2, -0.15) is 4.57 Å². The van der Waals surface area contributed by atoms with Crippen LogP contribution in [0.1, 0.15) is 28.9 Å². The SMILES string of the molecule is Cc1ccc[n+](C(C)C(=O)c2ccc(Br)cc2)c1.O.[Br-]. The quantitative estimate of drug-likeness (QED) is 0.512. The van der Waals surface area contributed by atoms with Crippen LogP contribution >= 0.6 is 15.9 Å². The summed E-state index contributed by atoms with van der Waals surface area (Å²) in [6.07, 6.45) is 3.91. The molecule has 1 atom stereocenters. The fraction of sp³-hybridized carbons (Fsp3) is 0.200. The number of carbonyl (C=O) groups is 1. The number of nitrogens with zero attached hydrogens (tertiary/aromatic N) is 1. The molecule has 20 heavy (non-hydrogen) atoms. The summed E-state index contributed by atoms with van der Waals surface area (Å²) >= 11 is 3.37. The van der Waals surface area contributed by atoms with E-state index >= 15 is 0 Å². The fourth-order valence-corrected chi connectivity index (χ4v) is 2.11. The van der Waals surface area contributed by atoms with Gasteiger partial charge in [0, 0.05) is 28.6 Å². The van der Waals surface area contributed by atoms with Crippen LogP contribution in [-0.2, 0) is 0 Å². The van der Waals surface area contributed by atoms with Crippen LogP contribution in [0.3, 0.4) is 0 Å². The maximum Gasteiger partial charge on any atom is 0.230 e. The molecule has 0 fully saturated rings. The molecule has 1 heterocycles. The molecule has 0 saturated heterocycles. The van der Waals surface area contributed by atoms with E-state index in [-0.39, 0.29) is 34.3 Å². The molecule has 0 spiro atoms. The topological polar surface area (TPSA) is 52.5 Å². The van der Waals surface area contributed by atoms with Gasteiger partial charge in [0.05, 0.1) is 0 Å². The van der Waals surface area contributed by atoms with Crippen molar-refractivity contribution in [3.8, 4) is 0 Å². The highest BCUT2D eigenvalue weighted by Crippen LogP contribution is 2.14. The second-order valence-electron chi connectivity index (χ2n) is 4.38. The van der Waals surface area contributed by atoms with Crippen molar-refractivity contribution >= 4 is 21.7 Å². The van der Waals surface area contributed by atoms with Crippen molar-refractivity contribution in [2.45, 2.75) is 19.9 Å².